The molecule has 0 saturated carbocycles. The molecular weight excluding hydrogens is 210 g/mol. The topological polar surface area (TPSA) is 43.8 Å². The summed E-state index contributed by atoms with van der Waals surface area (Å²) in [6.07, 6.45) is 0.862. The SMILES string of the molecule is Cc1ccccc1-c1nc(C)n(C)c1CCN. The molecule has 0 bridgehead atoms. The minimum Gasteiger partial charge on any atom is -0.335 e. The highest BCUT2D eigenvalue weighted by Crippen LogP contribution is 2.26. The number of hydrogen-bond acceptors (Lipinski definition) is 2. The average Bonchev–Trinajstić information content (AvgIpc) is 2.58. The van der Waals surface area contributed by atoms with Gasteiger partial charge in [-0.25, -0.2) is 4.98 Å². The lowest BCUT2D eigenvalue weighted by molar-refractivity contribution is 0.778. The van der Waals surface area contributed by atoms with Crippen LogP contribution in [0, 0.1) is 13.8 Å². The molecule has 0 radical (unpaired) electrons. The van der Waals surface area contributed by atoms with Gasteiger partial charge in [0.15, 0.2) is 0 Å². The van der Waals surface area contributed by atoms with Crippen molar-refractivity contribution >= 4 is 0 Å². The van der Waals surface area contributed by atoms with E-state index in [2.05, 4.69) is 47.8 Å². The molecule has 0 fully saturated rings. The Morgan fingerprint density at radius 2 is 1.94 bits per heavy atom. The van der Waals surface area contributed by atoms with Gasteiger partial charge in [0.25, 0.3) is 0 Å². The van der Waals surface area contributed by atoms with Gasteiger partial charge in [0.1, 0.15) is 5.82 Å². The zero-order chi connectivity index (χ0) is 12.4. The van der Waals surface area contributed by atoms with Crippen LogP contribution >= 0.6 is 0 Å². The Hall–Kier alpha value is -1.61. The molecule has 0 saturated heterocycles. The second-order valence-electron chi connectivity index (χ2n) is 4.37. The molecule has 2 N–H and O–H groups in total. The molecule has 3 nitrogen and oxygen atoms in total. The van der Waals surface area contributed by atoms with Gasteiger partial charge >= 0.3 is 0 Å². The van der Waals surface area contributed by atoms with Crippen LogP contribution in [0.5, 0.6) is 0 Å². The smallest absolute Gasteiger partial charge is 0.106 e. The monoisotopic (exact) mass is 229 g/mol. The van der Waals surface area contributed by atoms with E-state index in [9.17, 15) is 0 Å². The van der Waals surface area contributed by atoms with Gasteiger partial charge in [-0.1, -0.05) is 24.3 Å². The van der Waals surface area contributed by atoms with E-state index in [0.29, 0.717) is 6.54 Å². The lowest BCUT2D eigenvalue weighted by Crippen LogP contribution is -2.08. The van der Waals surface area contributed by atoms with Gasteiger partial charge in [-0.05, 0) is 26.0 Å². The Bertz CT molecular complexity index is 526. The first-order chi connectivity index (χ1) is 8.15. The van der Waals surface area contributed by atoms with E-state index < -0.39 is 0 Å². The summed E-state index contributed by atoms with van der Waals surface area (Å²) in [5, 5.41) is 0. The Kier molecular flexibility index (Phi) is 3.29. The number of hydrogen-bond donors (Lipinski definition) is 1. The lowest BCUT2D eigenvalue weighted by Gasteiger charge is -2.07. The third-order valence-electron chi connectivity index (χ3n) is 3.22. The largest absolute Gasteiger partial charge is 0.335 e. The Morgan fingerprint density at radius 1 is 1.24 bits per heavy atom. The fraction of sp³-hybridized carbons (Fsp3) is 0.357. The standard InChI is InChI=1S/C14H19N3/c1-10-6-4-5-7-12(10)14-13(8-9-15)17(3)11(2)16-14/h4-7H,8-9,15H2,1-3H3. The zero-order valence-corrected chi connectivity index (χ0v) is 10.7. The van der Waals surface area contributed by atoms with Gasteiger partial charge in [0, 0.05) is 24.7 Å². The molecule has 3 heteroatoms. The first-order valence-corrected chi connectivity index (χ1v) is 5.93. The number of benzene rings is 1. The first kappa shape index (κ1) is 11.9. The number of aryl methyl sites for hydroxylation is 2. The molecule has 90 valence electrons. The summed E-state index contributed by atoms with van der Waals surface area (Å²) in [6, 6.07) is 8.35. The molecule has 0 aliphatic heterocycles. The van der Waals surface area contributed by atoms with E-state index in [1.165, 1.54) is 16.8 Å². The maximum atomic E-state index is 5.68. The van der Waals surface area contributed by atoms with E-state index in [4.69, 9.17) is 5.73 Å². The van der Waals surface area contributed by atoms with E-state index in [-0.39, 0.29) is 0 Å². The maximum Gasteiger partial charge on any atom is 0.106 e. The molecule has 1 heterocycles. The minimum atomic E-state index is 0.651. The first-order valence-electron chi connectivity index (χ1n) is 5.93. The van der Waals surface area contributed by atoms with Crippen LogP contribution in [-0.2, 0) is 13.5 Å². The van der Waals surface area contributed by atoms with Gasteiger partial charge in [-0.2, -0.15) is 0 Å². The summed E-state index contributed by atoms with van der Waals surface area (Å²) in [5.74, 6) is 1.03. The van der Waals surface area contributed by atoms with Crippen molar-refractivity contribution in [1.82, 2.24) is 9.55 Å². The molecule has 1 aromatic carbocycles. The zero-order valence-electron chi connectivity index (χ0n) is 10.7. The average molecular weight is 229 g/mol. The predicted octanol–water partition coefficient (Wildman–Crippen LogP) is 2.21. The summed E-state index contributed by atoms with van der Waals surface area (Å²) in [5.41, 5.74) is 10.4. The van der Waals surface area contributed by atoms with Crippen molar-refractivity contribution in [3.63, 3.8) is 0 Å². The maximum absolute atomic E-state index is 5.68. The van der Waals surface area contributed by atoms with Crippen molar-refractivity contribution in [2.24, 2.45) is 12.8 Å². The quantitative estimate of drug-likeness (QED) is 0.877. The summed E-state index contributed by atoms with van der Waals surface area (Å²) in [6.45, 7) is 4.80. The number of nitrogens with two attached hydrogens (primary N) is 1. The number of rotatable bonds is 3. The summed E-state index contributed by atoms with van der Waals surface area (Å²) >= 11 is 0. The highest BCUT2D eigenvalue weighted by molar-refractivity contribution is 5.66. The highest BCUT2D eigenvalue weighted by Gasteiger charge is 2.14. The van der Waals surface area contributed by atoms with Crippen LogP contribution < -0.4 is 5.73 Å². The Labute approximate surface area is 102 Å². The highest BCUT2D eigenvalue weighted by atomic mass is 15.1. The van der Waals surface area contributed by atoms with Crippen LogP contribution in [-0.4, -0.2) is 16.1 Å². The number of nitrogens with zero attached hydrogens (tertiary/aromatic N) is 2. The molecule has 0 spiro atoms. The van der Waals surface area contributed by atoms with Crippen molar-refractivity contribution in [3.8, 4) is 11.3 Å². The second kappa shape index (κ2) is 4.72. The van der Waals surface area contributed by atoms with Gasteiger partial charge in [-0.15, -0.1) is 0 Å². The summed E-state index contributed by atoms with van der Waals surface area (Å²) in [7, 11) is 2.05. The fourth-order valence-electron chi connectivity index (χ4n) is 2.13. The molecule has 1 aromatic heterocycles. The normalized spacial score (nSPS) is 10.8. The molecule has 2 rings (SSSR count). The molecular formula is C14H19N3. The number of aromatic nitrogens is 2. The molecule has 17 heavy (non-hydrogen) atoms. The molecule has 0 amide bonds. The van der Waals surface area contributed by atoms with Crippen LogP contribution in [0.15, 0.2) is 24.3 Å². The third-order valence-corrected chi connectivity index (χ3v) is 3.22. The van der Waals surface area contributed by atoms with Crippen molar-refractivity contribution < 1.29 is 0 Å². The molecule has 0 unspecified atom stereocenters. The van der Waals surface area contributed by atoms with Crippen LogP contribution in [0.4, 0.5) is 0 Å². The molecule has 0 aliphatic carbocycles. The van der Waals surface area contributed by atoms with Gasteiger partial charge in [-0.3, -0.25) is 0 Å². The lowest BCUT2D eigenvalue weighted by atomic mass is 10.0. The van der Waals surface area contributed by atoms with Crippen molar-refractivity contribution in [3.05, 3.63) is 41.3 Å². The van der Waals surface area contributed by atoms with E-state index in [1.54, 1.807) is 0 Å². The number of imidazole rings is 1. The van der Waals surface area contributed by atoms with Gasteiger partial charge < -0.3 is 10.3 Å². The summed E-state index contributed by atoms with van der Waals surface area (Å²) in [4.78, 5) is 4.67. The van der Waals surface area contributed by atoms with E-state index in [0.717, 1.165) is 17.9 Å². The van der Waals surface area contributed by atoms with Crippen molar-refractivity contribution in [2.75, 3.05) is 6.54 Å². The van der Waals surface area contributed by atoms with Crippen LogP contribution in [0.25, 0.3) is 11.3 Å². The Balaban J connectivity index is 2.59. The molecule has 2 aromatic rings. The van der Waals surface area contributed by atoms with Crippen molar-refractivity contribution in [1.29, 1.82) is 0 Å². The van der Waals surface area contributed by atoms with Gasteiger partial charge in [0.2, 0.25) is 0 Å². The van der Waals surface area contributed by atoms with E-state index in [1.807, 2.05) is 6.92 Å². The third kappa shape index (κ3) is 2.11. The van der Waals surface area contributed by atoms with E-state index >= 15 is 0 Å². The Morgan fingerprint density at radius 3 is 2.59 bits per heavy atom. The summed E-state index contributed by atoms with van der Waals surface area (Å²) < 4.78 is 2.13. The molecule has 0 atom stereocenters. The minimum absolute atomic E-state index is 0.651. The van der Waals surface area contributed by atoms with Crippen LogP contribution in [0.2, 0.25) is 0 Å². The molecule has 0 aliphatic rings. The van der Waals surface area contributed by atoms with Crippen molar-refractivity contribution in [2.45, 2.75) is 20.3 Å². The fourth-order valence-corrected chi connectivity index (χ4v) is 2.13. The second-order valence-corrected chi connectivity index (χ2v) is 4.37. The van der Waals surface area contributed by atoms with Crippen LogP contribution in [0.1, 0.15) is 17.1 Å². The predicted molar refractivity (Wildman–Crippen MR) is 70.9 cm³/mol. The van der Waals surface area contributed by atoms with Crippen LogP contribution in [0.3, 0.4) is 0 Å². The van der Waals surface area contributed by atoms with Gasteiger partial charge in [0.05, 0.1) is 5.69 Å².